The topological polar surface area (TPSA) is 50.1 Å². The Morgan fingerprint density at radius 1 is 1.18 bits per heavy atom. The Hall–Kier alpha value is -2.81. The van der Waals surface area contributed by atoms with E-state index in [1.807, 2.05) is 6.07 Å². The molecule has 3 nitrogen and oxygen atoms in total. The van der Waals surface area contributed by atoms with Crippen molar-refractivity contribution in [2.45, 2.75) is 13.1 Å². The third-order valence-corrected chi connectivity index (χ3v) is 3.07. The number of carbonyl (C=O) groups is 1. The van der Waals surface area contributed by atoms with E-state index in [1.165, 1.54) is 37.3 Å². The zero-order valence-electron chi connectivity index (χ0n) is 11.4. The van der Waals surface area contributed by atoms with Crippen LogP contribution in [0.3, 0.4) is 0 Å². The molecule has 0 atom stereocenters. The van der Waals surface area contributed by atoms with Crippen LogP contribution >= 0.6 is 0 Å². The summed E-state index contributed by atoms with van der Waals surface area (Å²) in [4.78, 5) is 10.7. The summed E-state index contributed by atoms with van der Waals surface area (Å²) in [6.45, 7) is 1.30. The van der Waals surface area contributed by atoms with Crippen LogP contribution in [-0.4, -0.2) is 6.29 Å². The molecule has 0 aliphatic heterocycles. The summed E-state index contributed by atoms with van der Waals surface area (Å²) >= 11 is 0. The van der Waals surface area contributed by atoms with Gasteiger partial charge in [-0.15, -0.1) is 0 Å². The van der Waals surface area contributed by atoms with E-state index in [9.17, 15) is 18.0 Å². The Bertz CT molecular complexity index is 761. The van der Waals surface area contributed by atoms with Gasteiger partial charge in [0.05, 0.1) is 11.1 Å². The van der Waals surface area contributed by atoms with Crippen molar-refractivity contribution >= 4 is 6.29 Å². The molecular formula is C16H10F3NO2. The van der Waals surface area contributed by atoms with Gasteiger partial charge in [0, 0.05) is 11.1 Å². The molecule has 0 saturated carbocycles. The number of aldehydes is 1. The molecule has 22 heavy (non-hydrogen) atoms. The summed E-state index contributed by atoms with van der Waals surface area (Å²) in [6, 6.07) is 9.54. The van der Waals surface area contributed by atoms with Gasteiger partial charge in [-0.3, -0.25) is 4.79 Å². The average Bonchev–Trinajstić information content (AvgIpc) is 2.48. The number of ether oxygens (including phenoxy) is 1. The van der Waals surface area contributed by atoms with Gasteiger partial charge < -0.3 is 4.74 Å². The zero-order chi connectivity index (χ0) is 16.3. The van der Waals surface area contributed by atoms with Gasteiger partial charge in [-0.2, -0.15) is 18.4 Å². The molecule has 2 aromatic carbocycles. The van der Waals surface area contributed by atoms with Crippen molar-refractivity contribution < 1.29 is 22.7 Å². The largest absolute Gasteiger partial charge is 0.456 e. The van der Waals surface area contributed by atoms with Crippen LogP contribution in [0.4, 0.5) is 13.2 Å². The van der Waals surface area contributed by atoms with Crippen LogP contribution in [-0.2, 0) is 6.18 Å². The van der Waals surface area contributed by atoms with E-state index in [0.717, 1.165) is 6.07 Å². The highest BCUT2D eigenvalue weighted by atomic mass is 19.4. The molecule has 0 amide bonds. The Kier molecular flexibility index (Phi) is 4.18. The average molecular weight is 305 g/mol. The van der Waals surface area contributed by atoms with E-state index >= 15 is 0 Å². The highest BCUT2D eigenvalue weighted by Crippen LogP contribution is 2.37. The van der Waals surface area contributed by atoms with Crippen molar-refractivity contribution in [2.75, 3.05) is 0 Å². The SMILES string of the molecule is Cc1c(Oc2ccc(C=O)cc2C#N)cccc1C(F)(F)F. The second-order valence-corrected chi connectivity index (χ2v) is 4.51. The maximum absolute atomic E-state index is 12.9. The Morgan fingerprint density at radius 3 is 2.50 bits per heavy atom. The van der Waals surface area contributed by atoms with E-state index in [1.54, 1.807) is 0 Å². The van der Waals surface area contributed by atoms with E-state index < -0.39 is 11.7 Å². The minimum Gasteiger partial charge on any atom is -0.456 e. The standard InChI is InChI=1S/C16H10F3NO2/c1-10-13(16(17,18)19)3-2-4-14(10)22-15-6-5-11(9-21)7-12(15)8-20/h2-7,9H,1H3. The summed E-state index contributed by atoms with van der Waals surface area (Å²) in [5, 5.41) is 9.04. The van der Waals surface area contributed by atoms with Crippen LogP contribution in [0.1, 0.15) is 27.0 Å². The molecule has 6 heteroatoms. The number of rotatable bonds is 3. The molecule has 0 N–H and O–H groups in total. The number of hydrogen-bond acceptors (Lipinski definition) is 3. The van der Waals surface area contributed by atoms with E-state index in [4.69, 9.17) is 10.00 Å². The normalized spacial score (nSPS) is 10.9. The van der Waals surface area contributed by atoms with Gasteiger partial charge in [-0.25, -0.2) is 0 Å². The van der Waals surface area contributed by atoms with E-state index in [2.05, 4.69) is 0 Å². The first-order valence-electron chi connectivity index (χ1n) is 6.21. The lowest BCUT2D eigenvalue weighted by molar-refractivity contribution is -0.138. The molecule has 0 radical (unpaired) electrons. The predicted molar refractivity (Wildman–Crippen MR) is 72.8 cm³/mol. The Morgan fingerprint density at radius 2 is 1.91 bits per heavy atom. The van der Waals surface area contributed by atoms with Crippen LogP contribution in [0, 0.1) is 18.3 Å². The third kappa shape index (κ3) is 3.09. The fourth-order valence-electron chi connectivity index (χ4n) is 1.95. The van der Waals surface area contributed by atoms with Crippen molar-refractivity contribution in [1.29, 1.82) is 5.26 Å². The molecule has 0 saturated heterocycles. The molecule has 0 heterocycles. The summed E-state index contributed by atoms with van der Waals surface area (Å²) in [5.41, 5.74) is -0.516. The second-order valence-electron chi connectivity index (χ2n) is 4.51. The van der Waals surface area contributed by atoms with Gasteiger partial charge >= 0.3 is 6.18 Å². The van der Waals surface area contributed by atoms with Crippen molar-refractivity contribution in [3.05, 3.63) is 58.7 Å². The van der Waals surface area contributed by atoms with Gasteiger partial charge in [-0.05, 0) is 37.3 Å². The van der Waals surface area contributed by atoms with Crippen LogP contribution < -0.4 is 4.74 Å². The van der Waals surface area contributed by atoms with Crippen molar-refractivity contribution in [3.8, 4) is 17.6 Å². The van der Waals surface area contributed by atoms with Gasteiger partial charge in [0.15, 0.2) is 0 Å². The number of nitrogens with zero attached hydrogens (tertiary/aromatic N) is 1. The molecule has 0 spiro atoms. The molecule has 2 rings (SSSR count). The van der Waals surface area contributed by atoms with Crippen LogP contribution in [0.5, 0.6) is 11.5 Å². The summed E-state index contributed by atoms with van der Waals surface area (Å²) in [7, 11) is 0. The lowest BCUT2D eigenvalue weighted by Gasteiger charge is -2.15. The monoisotopic (exact) mass is 305 g/mol. The molecule has 0 fully saturated rings. The van der Waals surface area contributed by atoms with E-state index in [-0.39, 0.29) is 28.2 Å². The van der Waals surface area contributed by atoms with Gasteiger partial charge in [0.1, 0.15) is 23.9 Å². The zero-order valence-corrected chi connectivity index (χ0v) is 11.4. The lowest BCUT2D eigenvalue weighted by Crippen LogP contribution is -2.08. The number of halogens is 3. The third-order valence-electron chi connectivity index (χ3n) is 3.07. The van der Waals surface area contributed by atoms with Crippen LogP contribution in [0.15, 0.2) is 36.4 Å². The predicted octanol–water partition coefficient (Wildman–Crippen LogP) is 4.49. The number of alkyl halides is 3. The summed E-state index contributed by atoms with van der Waals surface area (Å²) < 4.78 is 44.0. The molecule has 0 aliphatic carbocycles. The first-order valence-corrected chi connectivity index (χ1v) is 6.21. The Labute approximate surface area is 124 Å². The van der Waals surface area contributed by atoms with Crippen molar-refractivity contribution in [3.63, 3.8) is 0 Å². The maximum atomic E-state index is 12.9. The highest BCUT2D eigenvalue weighted by molar-refractivity contribution is 5.76. The maximum Gasteiger partial charge on any atom is 0.416 e. The van der Waals surface area contributed by atoms with Crippen molar-refractivity contribution in [1.82, 2.24) is 0 Å². The minimum absolute atomic E-state index is 0.00479. The quantitative estimate of drug-likeness (QED) is 0.785. The molecular weight excluding hydrogens is 295 g/mol. The molecule has 0 aliphatic rings. The fourth-order valence-corrected chi connectivity index (χ4v) is 1.95. The summed E-state index contributed by atoms with van der Waals surface area (Å²) in [5.74, 6) is 0.0979. The highest BCUT2D eigenvalue weighted by Gasteiger charge is 2.33. The summed E-state index contributed by atoms with van der Waals surface area (Å²) in [6.07, 6.45) is -3.91. The van der Waals surface area contributed by atoms with Crippen LogP contribution in [0.25, 0.3) is 0 Å². The number of carbonyl (C=O) groups excluding carboxylic acids is 1. The molecule has 112 valence electrons. The van der Waals surface area contributed by atoms with E-state index in [0.29, 0.717) is 6.29 Å². The van der Waals surface area contributed by atoms with Crippen LogP contribution in [0.2, 0.25) is 0 Å². The first-order chi connectivity index (χ1) is 10.4. The first kappa shape index (κ1) is 15.6. The van der Waals surface area contributed by atoms with Gasteiger partial charge in [-0.1, -0.05) is 6.07 Å². The smallest absolute Gasteiger partial charge is 0.416 e. The number of benzene rings is 2. The second kappa shape index (κ2) is 5.90. The lowest BCUT2D eigenvalue weighted by atomic mass is 10.1. The number of nitriles is 1. The minimum atomic E-state index is -4.48. The molecule has 2 aromatic rings. The Balaban J connectivity index is 2.45. The fraction of sp³-hybridized carbons (Fsp3) is 0.125. The molecule has 0 bridgehead atoms. The van der Waals surface area contributed by atoms with Gasteiger partial charge in [0.25, 0.3) is 0 Å². The molecule has 0 unspecified atom stereocenters. The molecule has 0 aromatic heterocycles. The number of hydrogen-bond donors (Lipinski definition) is 0. The van der Waals surface area contributed by atoms with Gasteiger partial charge in [0.2, 0.25) is 0 Å². The van der Waals surface area contributed by atoms with Crippen molar-refractivity contribution in [2.24, 2.45) is 0 Å².